The van der Waals surface area contributed by atoms with Gasteiger partial charge in [-0.25, -0.2) is 0 Å². The molecule has 2 nitrogen and oxygen atoms in total. The summed E-state index contributed by atoms with van der Waals surface area (Å²) in [6.07, 6.45) is 5.74. The Morgan fingerprint density at radius 1 is 1.43 bits per heavy atom. The van der Waals surface area contributed by atoms with E-state index in [2.05, 4.69) is 20.8 Å². The molecule has 0 aromatic carbocycles. The van der Waals surface area contributed by atoms with Crippen molar-refractivity contribution in [1.82, 2.24) is 4.90 Å². The second-order valence-electron chi connectivity index (χ2n) is 5.08. The minimum Gasteiger partial charge on any atom is -0.329 e. The van der Waals surface area contributed by atoms with Crippen LogP contribution in [0.4, 0.5) is 0 Å². The molecule has 1 heterocycles. The zero-order valence-corrected chi connectivity index (χ0v) is 10.4. The quantitative estimate of drug-likeness (QED) is 0.785. The predicted octanol–water partition coefficient (Wildman–Crippen LogP) is 1.83. The van der Waals surface area contributed by atoms with Crippen LogP contribution in [0, 0.1) is 11.3 Å². The zero-order chi connectivity index (χ0) is 10.0. The largest absolute Gasteiger partial charge is 0.329 e. The Labute approximate surface area is 95.3 Å². The first-order valence-corrected chi connectivity index (χ1v) is 6.88. The number of likely N-dealkylation sites (tertiary alicyclic amines) is 1. The van der Waals surface area contributed by atoms with Crippen molar-refractivity contribution in [3.63, 3.8) is 0 Å². The Hall–Kier alpha value is 0.400. The predicted molar refractivity (Wildman–Crippen MR) is 63.7 cm³/mol. The van der Waals surface area contributed by atoms with Gasteiger partial charge in [-0.2, -0.15) is 0 Å². The van der Waals surface area contributed by atoms with Crippen molar-refractivity contribution < 1.29 is 0 Å². The van der Waals surface area contributed by atoms with Crippen molar-refractivity contribution in [3.05, 3.63) is 0 Å². The maximum absolute atomic E-state index is 5.60. The maximum Gasteiger partial charge on any atom is 0.0105 e. The molecule has 2 aliphatic rings. The summed E-state index contributed by atoms with van der Waals surface area (Å²) in [6, 6.07) is 0. The van der Waals surface area contributed by atoms with Crippen LogP contribution in [0.25, 0.3) is 0 Å². The first-order chi connectivity index (χ1) is 6.78. The monoisotopic (exact) mass is 260 g/mol. The molecule has 0 amide bonds. The van der Waals surface area contributed by atoms with E-state index in [1.54, 1.807) is 0 Å². The molecule has 1 saturated heterocycles. The van der Waals surface area contributed by atoms with Crippen LogP contribution in [0.2, 0.25) is 0 Å². The Morgan fingerprint density at radius 2 is 2.29 bits per heavy atom. The number of hydrogen-bond donors (Lipinski definition) is 1. The molecule has 0 bridgehead atoms. The van der Waals surface area contributed by atoms with Gasteiger partial charge in [-0.3, -0.25) is 0 Å². The molecule has 82 valence electrons. The van der Waals surface area contributed by atoms with Crippen molar-refractivity contribution in [2.75, 3.05) is 31.5 Å². The van der Waals surface area contributed by atoms with Gasteiger partial charge < -0.3 is 10.6 Å². The molecule has 1 aliphatic carbocycles. The van der Waals surface area contributed by atoms with E-state index >= 15 is 0 Å². The maximum atomic E-state index is 5.60. The van der Waals surface area contributed by atoms with E-state index in [1.165, 1.54) is 44.1 Å². The number of alkyl halides is 1. The molecule has 2 fully saturated rings. The van der Waals surface area contributed by atoms with Crippen molar-refractivity contribution in [3.8, 4) is 0 Å². The van der Waals surface area contributed by atoms with Crippen LogP contribution >= 0.6 is 15.9 Å². The first-order valence-electron chi connectivity index (χ1n) is 5.76. The minimum absolute atomic E-state index is 0.674. The number of nitrogens with zero attached hydrogens (tertiary/aromatic N) is 1. The Bertz CT molecular complexity index is 198. The standard InChI is InChI=1S/C11H21BrN2/c12-8-10-1-2-11(7-10)3-5-14(9-11)6-4-13/h10H,1-9,13H2/t10-,11-/m0/s1. The van der Waals surface area contributed by atoms with E-state index in [0.29, 0.717) is 5.41 Å². The molecule has 14 heavy (non-hydrogen) atoms. The second kappa shape index (κ2) is 4.50. The molecule has 0 aromatic rings. The van der Waals surface area contributed by atoms with Crippen LogP contribution in [-0.2, 0) is 0 Å². The highest BCUT2D eigenvalue weighted by molar-refractivity contribution is 9.09. The lowest BCUT2D eigenvalue weighted by molar-refractivity contribution is 0.260. The third-order valence-corrected chi connectivity index (χ3v) is 4.90. The van der Waals surface area contributed by atoms with Gasteiger partial charge in [0, 0.05) is 25.0 Å². The summed E-state index contributed by atoms with van der Waals surface area (Å²) in [5.74, 6) is 0.938. The lowest BCUT2D eigenvalue weighted by atomic mass is 9.85. The molecule has 0 radical (unpaired) electrons. The highest BCUT2D eigenvalue weighted by Gasteiger charge is 2.43. The third kappa shape index (κ3) is 2.15. The van der Waals surface area contributed by atoms with Gasteiger partial charge in [0.2, 0.25) is 0 Å². The highest BCUT2D eigenvalue weighted by Crippen LogP contribution is 2.48. The van der Waals surface area contributed by atoms with Crippen LogP contribution in [-0.4, -0.2) is 36.4 Å². The third-order valence-electron chi connectivity index (χ3n) is 3.99. The first kappa shape index (κ1) is 10.9. The van der Waals surface area contributed by atoms with Gasteiger partial charge >= 0.3 is 0 Å². The molecule has 1 aliphatic heterocycles. The van der Waals surface area contributed by atoms with Gasteiger partial charge in [-0.15, -0.1) is 0 Å². The average Bonchev–Trinajstić information content (AvgIpc) is 2.76. The average molecular weight is 261 g/mol. The molecular weight excluding hydrogens is 240 g/mol. The SMILES string of the molecule is NCCN1CC[C@]2(CC[C@H](CBr)C2)C1. The molecule has 2 rings (SSSR count). The van der Waals surface area contributed by atoms with Crippen molar-refractivity contribution in [2.45, 2.75) is 25.7 Å². The molecule has 2 atom stereocenters. The lowest BCUT2D eigenvalue weighted by Crippen LogP contribution is -2.30. The van der Waals surface area contributed by atoms with Crippen LogP contribution in [0.3, 0.4) is 0 Å². The smallest absolute Gasteiger partial charge is 0.0105 e. The van der Waals surface area contributed by atoms with E-state index < -0.39 is 0 Å². The fourth-order valence-electron chi connectivity index (χ4n) is 3.23. The summed E-state index contributed by atoms with van der Waals surface area (Å²) >= 11 is 3.62. The van der Waals surface area contributed by atoms with E-state index in [-0.39, 0.29) is 0 Å². The topological polar surface area (TPSA) is 29.3 Å². The molecule has 0 aromatic heterocycles. The number of rotatable bonds is 3. The van der Waals surface area contributed by atoms with E-state index in [4.69, 9.17) is 5.73 Å². The molecule has 1 saturated carbocycles. The molecular formula is C11H21BrN2. The fraction of sp³-hybridized carbons (Fsp3) is 1.00. The van der Waals surface area contributed by atoms with E-state index in [9.17, 15) is 0 Å². The van der Waals surface area contributed by atoms with Gasteiger partial charge in [0.05, 0.1) is 0 Å². The van der Waals surface area contributed by atoms with Crippen molar-refractivity contribution >= 4 is 15.9 Å². The Balaban J connectivity index is 1.87. The van der Waals surface area contributed by atoms with Gasteiger partial charge in [0.15, 0.2) is 0 Å². The van der Waals surface area contributed by atoms with Gasteiger partial charge in [0.25, 0.3) is 0 Å². The molecule has 3 heteroatoms. The van der Waals surface area contributed by atoms with Gasteiger partial charge in [0.1, 0.15) is 0 Å². The summed E-state index contributed by atoms with van der Waals surface area (Å²) in [7, 11) is 0. The van der Waals surface area contributed by atoms with Crippen LogP contribution < -0.4 is 5.73 Å². The van der Waals surface area contributed by atoms with Crippen molar-refractivity contribution in [1.29, 1.82) is 0 Å². The Kier molecular flexibility index (Phi) is 3.50. The summed E-state index contributed by atoms with van der Waals surface area (Å²) in [5.41, 5.74) is 6.27. The second-order valence-corrected chi connectivity index (χ2v) is 5.73. The van der Waals surface area contributed by atoms with Crippen molar-refractivity contribution in [2.24, 2.45) is 17.1 Å². The fourth-order valence-corrected chi connectivity index (χ4v) is 3.78. The van der Waals surface area contributed by atoms with E-state index in [1.807, 2.05) is 0 Å². The molecule has 2 N–H and O–H groups in total. The molecule has 1 spiro atoms. The highest BCUT2D eigenvalue weighted by atomic mass is 79.9. The lowest BCUT2D eigenvalue weighted by Gasteiger charge is -2.24. The van der Waals surface area contributed by atoms with Gasteiger partial charge in [-0.1, -0.05) is 15.9 Å². The summed E-state index contributed by atoms with van der Waals surface area (Å²) < 4.78 is 0. The molecule has 0 unspecified atom stereocenters. The summed E-state index contributed by atoms with van der Waals surface area (Å²) in [5, 5.41) is 1.20. The van der Waals surface area contributed by atoms with Crippen LogP contribution in [0.15, 0.2) is 0 Å². The van der Waals surface area contributed by atoms with Gasteiger partial charge in [-0.05, 0) is 43.6 Å². The van der Waals surface area contributed by atoms with Crippen LogP contribution in [0.5, 0.6) is 0 Å². The number of halogens is 1. The number of nitrogens with two attached hydrogens (primary N) is 1. The zero-order valence-electron chi connectivity index (χ0n) is 8.84. The Morgan fingerprint density at radius 3 is 2.93 bits per heavy atom. The number of hydrogen-bond acceptors (Lipinski definition) is 2. The minimum atomic E-state index is 0.674. The normalized spacial score (nSPS) is 38.6. The van der Waals surface area contributed by atoms with E-state index in [0.717, 1.165) is 19.0 Å². The summed E-state index contributed by atoms with van der Waals surface area (Å²) in [6.45, 7) is 4.51. The summed E-state index contributed by atoms with van der Waals surface area (Å²) in [4.78, 5) is 2.55. The van der Waals surface area contributed by atoms with Crippen LogP contribution in [0.1, 0.15) is 25.7 Å².